The molecular weight excluding hydrogens is 358 g/mol. The molecule has 2 aromatic carbocycles. The van der Waals surface area contributed by atoms with Crippen LogP contribution in [0.4, 0.5) is 5.69 Å². The number of rotatable bonds is 8. The van der Waals surface area contributed by atoms with Crippen LogP contribution in [0.25, 0.3) is 0 Å². The van der Waals surface area contributed by atoms with Crippen molar-refractivity contribution in [2.45, 2.75) is 27.2 Å². The first-order valence-corrected chi connectivity index (χ1v) is 8.83. The van der Waals surface area contributed by atoms with Gasteiger partial charge in [-0.2, -0.15) is 5.10 Å². The van der Waals surface area contributed by atoms with Gasteiger partial charge in [-0.25, -0.2) is 5.43 Å². The monoisotopic (exact) mass is 383 g/mol. The summed E-state index contributed by atoms with van der Waals surface area (Å²) in [6.07, 6.45) is 0.0378. The average molecular weight is 383 g/mol. The Labute approximate surface area is 164 Å². The molecule has 0 saturated carbocycles. The molecule has 148 valence electrons. The third-order valence-electron chi connectivity index (χ3n) is 3.78. The third-order valence-corrected chi connectivity index (χ3v) is 3.78. The predicted molar refractivity (Wildman–Crippen MR) is 109 cm³/mol. The van der Waals surface area contributed by atoms with Crippen LogP contribution >= 0.6 is 0 Å². The van der Waals surface area contributed by atoms with E-state index in [2.05, 4.69) is 15.8 Å². The summed E-state index contributed by atoms with van der Waals surface area (Å²) < 4.78 is 10.6. The number of methoxy groups -OCH3 is 1. The van der Waals surface area contributed by atoms with Crippen LogP contribution in [0.2, 0.25) is 0 Å². The van der Waals surface area contributed by atoms with Gasteiger partial charge in [-0.15, -0.1) is 0 Å². The second-order valence-corrected chi connectivity index (χ2v) is 6.42. The van der Waals surface area contributed by atoms with Crippen LogP contribution in [0, 0.1) is 13.8 Å². The largest absolute Gasteiger partial charge is 0.495 e. The highest BCUT2D eigenvalue weighted by Crippen LogP contribution is 2.25. The van der Waals surface area contributed by atoms with Crippen LogP contribution in [-0.2, 0) is 9.59 Å². The Balaban J connectivity index is 1.82. The van der Waals surface area contributed by atoms with Crippen molar-refractivity contribution in [1.82, 2.24) is 5.43 Å². The minimum Gasteiger partial charge on any atom is -0.495 e. The van der Waals surface area contributed by atoms with E-state index in [-0.39, 0.29) is 18.9 Å². The maximum atomic E-state index is 12.2. The summed E-state index contributed by atoms with van der Waals surface area (Å²) in [4.78, 5) is 24.0. The molecule has 0 heterocycles. The van der Waals surface area contributed by atoms with Gasteiger partial charge >= 0.3 is 0 Å². The molecule has 0 aliphatic heterocycles. The second kappa shape index (κ2) is 10.1. The summed E-state index contributed by atoms with van der Waals surface area (Å²) in [6, 6.07) is 12.9. The number of benzene rings is 2. The number of aryl methyl sites for hydroxylation is 2. The lowest BCUT2D eigenvalue weighted by Gasteiger charge is -2.11. The fourth-order valence-electron chi connectivity index (χ4n) is 2.43. The van der Waals surface area contributed by atoms with Gasteiger partial charge in [-0.3, -0.25) is 9.59 Å². The molecule has 0 aliphatic rings. The summed E-state index contributed by atoms with van der Waals surface area (Å²) in [6.45, 7) is 5.37. The van der Waals surface area contributed by atoms with E-state index in [1.165, 1.54) is 0 Å². The Kier molecular flexibility index (Phi) is 7.56. The fraction of sp³-hybridized carbons (Fsp3) is 0.286. The van der Waals surface area contributed by atoms with E-state index >= 15 is 0 Å². The SMILES string of the molecule is COc1ccc(C)cc1NC(=O)CC(C)=NNC(=O)COc1cccc(C)c1. The third kappa shape index (κ3) is 6.75. The number of ether oxygens (including phenoxy) is 2. The number of nitrogens with one attached hydrogen (secondary N) is 2. The molecule has 2 aromatic rings. The second-order valence-electron chi connectivity index (χ2n) is 6.42. The molecule has 0 aliphatic carbocycles. The van der Waals surface area contributed by atoms with Gasteiger partial charge in [0.15, 0.2) is 6.61 Å². The minimum atomic E-state index is -0.401. The number of carbonyl (C=O) groups is 2. The average Bonchev–Trinajstić information content (AvgIpc) is 2.65. The van der Waals surface area contributed by atoms with E-state index in [4.69, 9.17) is 9.47 Å². The summed E-state index contributed by atoms with van der Waals surface area (Å²) in [5, 5.41) is 6.73. The lowest BCUT2D eigenvalue weighted by molar-refractivity contribution is -0.123. The molecule has 0 fully saturated rings. The molecule has 0 saturated heterocycles. The molecule has 0 bridgehead atoms. The van der Waals surface area contributed by atoms with E-state index in [9.17, 15) is 9.59 Å². The predicted octanol–water partition coefficient (Wildman–Crippen LogP) is 3.21. The maximum Gasteiger partial charge on any atom is 0.277 e. The van der Waals surface area contributed by atoms with Crippen LogP contribution in [0.15, 0.2) is 47.6 Å². The Hall–Kier alpha value is -3.35. The van der Waals surface area contributed by atoms with Crippen LogP contribution in [-0.4, -0.2) is 31.2 Å². The number of hydrazone groups is 1. The molecule has 0 radical (unpaired) electrons. The van der Waals surface area contributed by atoms with Crippen molar-refractivity contribution in [1.29, 1.82) is 0 Å². The van der Waals surface area contributed by atoms with E-state index < -0.39 is 5.91 Å². The summed E-state index contributed by atoms with van der Waals surface area (Å²) >= 11 is 0. The molecule has 0 atom stereocenters. The fourth-order valence-corrected chi connectivity index (χ4v) is 2.43. The molecule has 7 heteroatoms. The molecule has 0 spiro atoms. The lowest BCUT2D eigenvalue weighted by atomic mass is 10.2. The standard InChI is InChI=1S/C21H25N3O4/c1-14-6-5-7-17(10-14)28-13-21(26)24-23-16(3)12-20(25)22-18-11-15(2)8-9-19(18)27-4/h5-11H,12-13H2,1-4H3,(H,22,25)(H,24,26). The van der Waals surface area contributed by atoms with Crippen molar-refractivity contribution in [2.24, 2.45) is 5.10 Å². The Morgan fingerprint density at radius 2 is 1.79 bits per heavy atom. The molecule has 28 heavy (non-hydrogen) atoms. The number of hydrogen-bond donors (Lipinski definition) is 2. The molecule has 7 nitrogen and oxygen atoms in total. The highest BCUT2D eigenvalue weighted by molar-refractivity contribution is 6.06. The van der Waals surface area contributed by atoms with Gasteiger partial charge in [0, 0.05) is 5.71 Å². The van der Waals surface area contributed by atoms with Gasteiger partial charge in [-0.05, 0) is 56.2 Å². The van der Waals surface area contributed by atoms with Gasteiger partial charge in [0.05, 0.1) is 19.2 Å². The van der Waals surface area contributed by atoms with Crippen molar-refractivity contribution in [3.8, 4) is 11.5 Å². The van der Waals surface area contributed by atoms with Crippen molar-refractivity contribution < 1.29 is 19.1 Å². The van der Waals surface area contributed by atoms with Crippen molar-refractivity contribution in [2.75, 3.05) is 19.0 Å². The van der Waals surface area contributed by atoms with E-state index in [0.29, 0.717) is 22.9 Å². The van der Waals surface area contributed by atoms with Gasteiger partial charge in [0.2, 0.25) is 5.91 Å². The summed E-state index contributed by atoms with van der Waals surface area (Å²) in [5.41, 5.74) is 5.49. The van der Waals surface area contributed by atoms with Crippen LogP contribution in [0.3, 0.4) is 0 Å². The first-order valence-electron chi connectivity index (χ1n) is 8.83. The van der Waals surface area contributed by atoms with E-state index in [0.717, 1.165) is 11.1 Å². The van der Waals surface area contributed by atoms with Crippen molar-refractivity contribution in [3.63, 3.8) is 0 Å². The van der Waals surface area contributed by atoms with Crippen molar-refractivity contribution >= 4 is 23.2 Å². The first-order chi connectivity index (χ1) is 13.4. The topological polar surface area (TPSA) is 89.0 Å². The quantitative estimate of drug-likeness (QED) is 0.541. The smallest absolute Gasteiger partial charge is 0.277 e. The van der Waals surface area contributed by atoms with Crippen LogP contribution in [0.1, 0.15) is 24.5 Å². The van der Waals surface area contributed by atoms with Gasteiger partial charge in [-0.1, -0.05) is 18.2 Å². The number of hydrogen-bond acceptors (Lipinski definition) is 5. The van der Waals surface area contributed by atoms with Gasteiger partial charge in [0.25, 0.3) is 5.91 Å². The Morgan fingerprint density at radius 1 is 1.04 bits per heavy atom. The lowest BCUT2D eigenvalue weighted by Crippen LogP contribution is -2.26. The number of carbonyl (C=O) groups excluding carboxylic acids is 2. The first kappa shape index (κ1) is 21.0. The van der Waals surface area contributed by atoms with Gasteiger partial charge in [0.1, 0.15) is 11.5 Å². The zero-order chi connectivity index (χ0) is 20.5. The van der Waals surface area contributed by atoms with Crippen LogP contribution < -0.4 is 20.2 Å². The molecule has 2 amide bonds. The normalized spacial score (nSPS) is 10.9. The molecule has 0 aromatic heterocycles. The Bertz CT molecular complexity index is 878. The zero-order valence-corrected chi connectivity index (χ0v) is 16.5. The maximum absolute atomic E-state index is 12.2. The molecular formula is C21H25N3O4. The summed E-state index contributed by atoms with van der Waals surface area (Å²) in [7, 11) is 1.54. The van der Waals surface area contributed by atoms with E-state index in [1.807, 2.05) is 44.2 Å². The minimum absolute atomic E-state index is 0.0378. The van der Waals surface area contributed by atoms with Gasteiger partial charge < -0.3 is 14.8 Å². The highest BCUT2D eigenvalue weighted by atomic mass is 16.5. The molecule has 2 rings (SSSR count). The van der Waals surface area contributed by atoms with Crippen LogP contribution in [0.5, 0.6) is 11.5 Å². The number of anilines is 1. The Morgan fingerprint density at radius 3 is 2.50 bits per heavy atom. The highest BCUT2D eigenvalue weighted by Gasteiger charge is 2.10. The molecule has 0 unspecified atom stereocenters. The summed E-state index contributed by atoms with van der Waals surface area (Å²) in [5.74, 6) is 0.537. The number of amides is 2. The number of nitrogens with zero attached hydrogens (tertiary/aromatic N) is 1. The van der Waals surface area contributed by atoms with Crippen molar-refractivity contribution in [3.05, 3.63) is 53.6 Å². The van der Waals surface area contributed by atoms with E-state index in [1.54, 1.807) is 26.2 Å². The molecule has 2 N–H and O–H groups in total. The zero-order valence-electron chi connectivity index (χ0n) is 16.5.